The van der Waals surface area contributed by atoms with Crippen molar-refractivity contribution in [3.05, 3.63) is 42.2 Å². The third kappa shape index (κ3) is 1.80. The minimum Gasteiger partial charge on any atom is -0.345 e. The van der Waals surface area contributed by atoms with Crippen LogP contribution in [-0.4, -0.2) is 9.97 Å². The summed E-state index contributed by atoms with van der Waals surface area (Å²) in [5, 5.41) is 0.877. The zero-order valence-corrected chi connectivity index (χ0v) is 8.58. The lowest BCUT2D eigenvalue weighted by atomic mass is 10.1. The van der Waals surface area contributed by atoms with Crippen molar-refractivity contribution < 1.29 is 0 Å². The quantitative estimate of drug-likeness (QED) is 0.799. The molecular weight excluding hydrogens is 228 g/mol. The van der Waals surface area contributed by atoms with Crippen molar-refractivity contribution in [2.75, 3.05) is 0 Å². The standard InChI is InChI=1S/C10H9BrN2/c11-7-8-2-1-3-9(6-8)10-12-4-5-13-10/h1-6H,7H2,(H,12,13). The van der Waals surface area contributed by atoms with Gasteiger partial charge in [-0.1, -0.05) is 34.1 Å². The van der Waals surface area contributed by atoms with Crippen molar-refractivity contribution in [3.63, 3.8) is 0 Å². The first kappa shape index (κ1) is 8.51. The highest BCUT2D eigenvalue weighted by molar-refractivity contribution is 9.08. The number of halogens is 1. The van der Waals surface area contributed by atoms with E-state index in [4.69, 9.17) is 0 Å². The number of H-pyrrole nitrogens is 1. The Bertz CT molecular complexity index is 382. The van der Waals surface area contributed by atoms with Gasteiger partial charge in [-0.05, 0) is 11.6 Å². The second-order valence-electron chi connectivity index (χ2n) is 2.77. The van der Waals surface area contributed by atoms with Gasteiger partial charge in [0.05, 0.1) is 0 Å². The Labute approximate surface area is 85.1 Å². The zero-order chi connectivity index (χ0) is 9.10. The van der Waals surface area contributed by atoms with Gasteiger partial charge in [0, 0.05) is 23.3 Å². The molecule has 1 aromatic carbocycles. The number of aromatic amines is 1. The topological polar surface area (TPSA) is 28.7 Å². The van der Waals surface area contributed by atoms with E-state index in [-0.39, 0.29) is 0 Å². The van der Waals surface area contributed by atoms with E-state index in [1.807, 2.05) is 18.3 Å². The molecule has 0 aliphatic heterocycles. The molecule has 0 saturated heterocycles. The van der Waals surface area contributed by atoms with Crippen molar-refractivity contribution in [1.29, 1.82) is 0 Å². The van der Waals surface area contributed by atoms with Crippen LogP contribution in [-0.2, 0) is 5.33 Å². The number of aromatic nitrogens is 2. The third-order valence-corrected chi connectivity index (χ3v) is 2.50. The van der Waals surface area contributed by atoms with E-state index in [0.717, 1.165) is 16.7 Å². The minimum absolute atomic E-state index is 0.877. The van der Waals surface area contributed by atoms with E-state index in [1.54, 1.807) is 6.20 Å². The van der Waals surface area contributed by atoms with Gasteiger partial charge in [-0.2, -0.15) is 0 Å². The smallest absolute Gasteiger partial charge is 0.137 e. The number of rotatable bonds is 2. The molecule has 1 aromatic heterocycles. The van der Waals surface area contributed by atoms with Crippen LogP contribution in [0.25, 0.3) is 11.4 Å². The van der Waals surface area contributed by atoms with Gasteiger partial charge in [0.1, 0.15) is 5.82 Å². The fourth-order valence-corrected chi connectivity index (χ4v) is 1.57. The number of imidazole rings is 1. The highest BCUT2D eigenvalue weighted by Gasteiger charge is 1.99. The second-order valence-corrected chi connectivity index (χ2v) is 3.33. The molecule has 0 aliphatic carbocycles. The van der Waals surface area contributed by atoms with Crippen molar-refractivity contribution >= 4 is 15.9 Å². The number of nitrogens with zero attached hydrogens (tertiary/aromatic N) is 1. The summed E-state index contributed by atoms with van der Waals surface area (Å²) in [7, 11) is 0. The van der Waals surface area contributed by atoms with E-state index >= 15 is 0 Å². The fourth-order valence-electron chi connectivity index (χ4n) is 1.22. The number of benzene rings is 1. The van der Waals surface area contributed by atoms with Gasteiger partial charge in [-0.3, -0.25) is 0 Å². The Kier molecular flexibility index (Phi) is 2.45. The van der Waals surface area contributed by atoms with E-state index in [0.29, 0.717) is 0 Å². The molecule has 0 aliphatic rings. The Morgan fingerprint density at radius 1 is 1.38 bits per heavy atom. The Morgan fingerprint density at radius 2 is 2.31 bits per heavy atom. The molecule has 0 unspecified atom stereocenters. The van der Waals surface area contributed by atoms with Crippen molar-refractivity contribution in [2.45, 2.75) is 5.33 Å². The average molecular weight is 237 g/mol. The molecular formula is C10H9BrN2. The molecule has 2 aromatic rings. The molecule has 2 rings (SSSR count). The maximum atomic E-state index is 4.19. The number of hydrogen-bond donors (Lipinski definition) is 1. The first-order valence-electron chi connectivity index (χ1n) is 4.05. The molecule has 1 N–H and O–H groups in total. The zero-order valence-electron chi connectivity index (χ0n) is 7.00. The maximum absolute atomic E-state index is 4.19. The Morgan fingerprint density at radius 3 is 3.00 bits per heavy atom. The van der Waals surface area contributed by atoms with Gasteiger partial charge in [0.15, 0.2) is 0 Å². The van der Waals surface area contributed by atoms with E-state index in [9.17, 15) is 0 Å². The molecule has 13 heavy (non-hydrogen) atoms. The highest BCUT2D eigenvalue weighted by Crippen LogP contribution is 2.17. The highest BCUT2D eigenvalue weighted by atomic mass is 79.9. The second kappa shape index (κ2) is 3.75. The van der Waals surface area contributed by atoms with Gasteiger partial charge in [0.2, 0.25) is 0 Å². The van der Waals surface area contributed by atoms with E-state index in [2.05, 4.69) is 38.0 Å². The molecule has 0 bridgehead atoms. The number of alkyl halides is 1. The molecule has 0 amide bonds. The third-order valence-electron chi connectivity index (χ3n) is 1.85. The summed E-state index contributed by atoms with van der Waals surface area (Å²) >= 11 is 3.42. The van der Waals surface area contributed by atoms with Gasteiger partial charge in [-0.15, -0.1) is 0 Å². The predicted molar refractivity (Wildman–Crippen MR) is 56.7 cm³/mol. The summed E-state index contributed by atoms with van der Waals surface area (Å²) in [4.78, 5) is 7.27. The summed E-state index contributed by atoms with van der Waals surface area (Å²) in [5.74, 6) is 0.919. The van der Waals surface area contributed by atoms with Gasteiger partial charge in [-0.25, -0.2) is 4.98 Å². The average Bonchev–Trinajstić information content (AvgIpc) is 2.71. The molecule has 0 fully saturated rings. The van der Waals surface area contributed by atoms with Crippen LogP contribution in [0.4, 0.5) is 0 Å². The molecule has 0 saturated carbocycles. The lowest BCUT2D eigenvalue weighted by molar-refractivity contribution is 1.30. The predicted octanol–water partition coefficient (Wildman–Crippen LogP) is 2.97. The first-order valence-corrected chi connectivity index (χ1v) is 5.17. The summed E-state index contributed by atoms with van der Waals surface area (Å²) < 4.78 is 0. The summed E-state index contributed by atoms with van der Waals surface area (Å²) in [6, 6.07) is 8.29. The van der Waals surface area contributed by atoms with Crippen LogP contribution in [0.5, 0.6) is 0 Å². The summed E-state index contributed by atoms with van der Waals surface area (Å²) in [6.45, 7) is 0. The minimum atomic E-state index is 0.877. The molecule has 0 radical (unpaired) electrons. The van der Waals surface area contributed by atoms with E-state index < -0.39 is 0 Å². The Balaban J connectivity index is 2.41. The van der Waals surface area contributed by atoms with Crippen LogP contribution in [0.3, 0.4) is 0 Å². The van der Waals surface area contributed by atoms with Gasteiger partial charge < -0.3 is 4.98 Å². The fraction of sp³-hybridized carbons (Fsp3) is 0.100. The molecule has 66 valence electrons. The van der Waals surface area contributed by atoms with Gasteiger partial charge in [0.25, 0.3) is 0 Å². The molecule has 0 spiro atoms. The van der Waals surface area contributed by atoms with Crippen LogP contribution < -0.4 is 0 Å². The lowest BCUT2D eigenvalue weighted by Gasteiger charge is -1.99. The summed E-state index contributed by atoms with van der Waals surface area (Å²) in [5.41, 5.74) is 2.39. The first-order chi connectivity index (χ1) is 6.40. The molecule has 2 nitrogen and oxygen atoms in total. The monoisotopic (exact) mass is 236 g/mol. The van der Waals surface area contributed by atoms with Crippen LogP contribution in [0.1, 0.15) is 5.56 Å². The van der Waals surface area contributed by atoms with Crippen LogP contribution in [0, 0.1) is 0 Å². The van der Waals surface area contributed by atoms with Crippen LogP contribution in [0.2, 0.25) is 0 Å². The number of nitrogens with one attached hydrogen (secondary N) is 1. The Hall–Kier alpha value is -1.09. The largest absolute Gasteiger partial charge is 0.345 e. The molecule has 0 atom stereocenters. The van der Waals surface area contributed by atoms with Crippen LogP contribution in [0.15, 0.2) is 36.7 Å². The number of hydrogen-bond acceptors (Lipinski definition) is 1. The van der Waals surface area contributed by atoms with E-state index in [1.165, 1.54) is 5.56 Å². The molecule has 3 heteroatoms. The maximum Gasteiger partial charge on any atom is 0.137 e. The SMILES string of the molecule is BrCc1cccc(-c2ncc[nH]2)c1. The van der Waals surface area contributed by atoms with Crippen LogP contribution >= 0.6 is 15.9 Å². The lowest BCUT2D eigenvalue weighted by Crippen LogP contribution is -1.82. The van der Waals surface area contributed by atoms with Crippen molar-refractivity contribution in [3.8, 4) is 11.4 Å². The molecule has 1 heterocycles. The normalized spacial score (nSPS) is 10.2. The van der Waals surface area contributed by atoms with Crippen molar-refractivity contribution in [1.82, 2.24) is 9.97 Å². The van der Waals surface area contributed by atoms with Gasteiger partial charge >= 0.3 is 0 Å². The summed E-state index contributed by atoms with van der Waals surface area (Å²) in [6.07, 6.45) is 3.59. The van der Waals surface area contributed by atoms with Crippen molar-refractivity contribution in [2.24, 2.45) is 0 Å².